The van der Waals surface area contributed by atoms with Crippen LogP contribution in [-0.2, 0) is 4.74 Å². The van der Waals surface area contributed by atoms with Gasteiger partial charge in [0.1, 0.15) is 5.84 Å². The highest BCUT2D eigenvalue weighted by Gasteiger charge is 2.19. The van der Waals surface area contributed by atoms with Crippen LogP contribution in [0.15, 0.2) is 5.16 Å². The number of hydrogen-bond acceptors (Lipinski definition) is 4. The first-order valence-electron chi connectivity index (χ1n) is 4.98. The zero-order chi connectivity index (χ0) is 10.4. The van der Waals surface area contributed by atoms with Crippen molar-refractivity contribution < 1.29 is 9.94 Å². The molecule has 0 aromatic rings. The molecule has 0 aliphatic carbocycles. The first kappa shape index (κ1) is 11.3. The Balaban J connectivity index is 2.11. The maximum atomic E-state index is 8.34. The van der Waals surface area contributed by atoms with Gasteiger partial charge in [-0.15, -0.1) is 0 Å². The number of nitrogens with two attached hydrogens (primary N) is 1. The van der Waals surface area contributed by atoms with Crippen LogP contribution in [0.3, 0.4) is 0 Å². The van der Waals surface area contributed by atoms with Crippen molar-refractivity contribution in [2.24, 2.45) is 10.9 Å². The predicted molar refractivity (Wildman–Crippen MR) is 54.5 cm³/mol. The summed E-state index contributed by atoms with van der Waals surface area (Å²) in [5, 5.41) is 11.3. The van der Waals surface area contributed by atoms with E-state index in [1.807, 2.05) is 0 Å². The van der Waals surface area contributed by atoms with Gasteiger partial charge < -0.3 is 20.6 Å². The van der Waals surface area contributed by atoms with Crippen LogP contribution in [0.1, 0.15) is 19.3 Å². The summed E-state index contributed by atoms with van der Waals surface area (Å²) in [6.45, 7) is 2.67. The Kier molecular flexibility index (Phi) is 4.69. The third-order valence-electron chi connectivity index (χ3n) is 2.60. The second-order valence-electron chi connectivity index (χ2n) is 3.69. The normalized spacial score (nSPS) is 23.3. The molecule has 0 aromatic carbocycles. The van der Waals surface area contributed by atoms with Crippen molar-refractivity contribution in [2.75, 3.05) is 26.8 Å². The smallest absolute Gasteiger partial charge is 0.139 e. The van der Waals surface area contributed by atoms with Crippen LogP contribution in [0.5, 0.6) is 0 Å². The Hall–Kier alpha value is -0.810. The van der Waals surface area contributed by atoms with Gasteiger partial charge in [0.15, 0.2) is 0 Å². The van der Waals surface area contributed by atoms with E-state index in [4.69, 9.17) is 15.7 Å². The maximum Gasteiger partial charge on any atom is 0.139 e. The number of amidine groups is 1. The molecule has 5 heteroatoms. The molecule has 14 heavy (non-hydrogen) atoms. The largest absolute Gasteiger partial charge is 0.409 e. The highest BCUT2D eigenvalue weighted by Crippen LogP contribution is 2.10. The first-order valence-corrected chi connectivity index (χ1v) is 4.98. The summed E-state index contributed by atoms with van der Waals surface area (Å²) in [5.74, 6) is 0.307. The molecule has 82 valence electrons. The standard InChI is InChI=1S/C9H19N3O2/c1-12(8-4-6-14-7-8)5-2-3-9(10)11-13/h8,13H,2-7H2,1H3,(H2,10,11). The van der Waals surface area contributed by atoms with E-state index in [1.165, 1.54) is 0 Å². The average molecular weight is 201 g/mol. The number of rotatable bonds is 5. The third-order valence-corrected chi connectivity index (χ3v) is 2.60. The minimum atomic E-state index is 0.307. The number of oxime groups is 1. The van der Waals surface area contributed by atoms with Crippen LogP contribution in [-0.4, -0.2) is 48.8 Å². The van der Waals surface area contributed by atoms with E-state index in [0.717, 1.165) is 32.6 Å². The lowest BCUT2D eigenvalue weighted by Crippen LogP contribution is -2.33. The fourth-order valence-corrected chi connectivity index (χ4v) is 1.61. The van der Waals surface area contributed by atoms with Crippen molar-refractivity contribution in [1.29, 1.82) is 0 Å². The van der Waals surface area contributed by atoms with Crippen LogP contribution >= 0.6 is 0 Å². The molecular formula is C9H19N3O2. The first-order chi connectivity index (χ1) is 6.74. The van der Waals surface area contributed by atoms with Crippen LogP contribution in [0.4, 0.5) is 0 Å². The molecule has 0 bridgehead atoms. The van der Waals surface area contributed by atoms with Gasteiger partial charge in [-0.1, -0.05) is 5.16 Å². The van der Waals surface area contributed by atoms with Crippen molar-refractivity contribution in [1.82, 2.24) is 4.90 Å². The molecule has 0 saturated carbocycles. The average Bonchev–Trinajstić information content (AvgIpc) is 2.70. The van der Waals surface area contributed by atoms with Crippen molar-refractivity contribution >= 4 is 5.84 Å². The van der Waals surface area contributed by atoms with Crippen LogP contribution in [0.2, 0.25) is 0 Å². The quantitative estimate of drug-likeness (QED) is 0.289. The van der Waals surface area contributed by atoms with Crippen molar-refractivity contribution in [3.05, 3.63) is 0 Å². The van der Waals surface area contributed by atoms with Crippen LogP contribution < -0.4 is 5.73 Å². The van der Waals surface area contributed by atoms with E-state index in [9.17, 15) is 0 Å². The highest BCUT2D eigenvalue weighted by molar-refractivity contribution is 5.79. The molecule has 1 aliphatic rings. The zero-order valence-corrected chi connectivity index (χ0v) is 8.65. The Morgan fingerprint density at radius 1 is 1.71 bits per heavy atom. The summed E-state index contributed by atoms with van der Waals surface area (Å²) in [6.07, 6.45) is 2.68. The molecule has 0 radical (unpaired) electrons. The summed E-state index contributed by atoms with van der Waals surface area (Å²) < 4.78 is 5.30. The third kappa shape index (κ3) is 3.51. The molecule has 0 amide bonds. The van der Waals surface area contributed by atoms with Crippen molar-refractivity contribution in [3.63, 3.8) is 0 Å². The van der Waals surface area contributed by atoms with Gasteiger partial charge in [0, 0.05) is 19.1 Å². The van der Waals surface area contributed by atoms with Gasteiger partial charge in [-0.3, -0.25) is 0 Å². The summed E-state index contributed by atoms with van der Waals surface area (Å²) in [6, 6.07) is 0.544. The van der Waals surface area contributed by atoms with E-state index in [-0.39, 0.29) is 0 Å². The fraction of sp³-hybridized carbons (Fsp3) is 0.889. The van der Waals surface area contributed by atoms with Gasteiger partial charge in [0.25, 0.3) is 0 Å². The van der Waals surface area contributed by atoms with Gasteiger partial charge >= 0.3 is 0 Å². The summed E-state index contributed by atoms with van der Waals surface area (Å²) >= 11 is 0. The second kappa shape index (κ2) is 5.82. The Labute approximate surface area is 84.5 Å². The summed E-state index contributed by atoms with van der Waals surface area (Å²) in [7, 11) is 2.09. The lowest BCUT2D eigenvalue weighted by atomic mass is 10.2. The number of nitrogens with zero attached hydrogens (tertiary/aromatic N) is 2. The Morgan fingerprint density at radius 2 is 2.50 bits per heavy atom. The topological polar surface area (TPSA) is 71.1 Å². The lowest BCUT2D eigenvalue weighted by molar-refractivity contribution is 0.159. The minimum absolute atomic E-state index is 0.307. The molecule has 0 spiro atoms. The van der Waals surface area contributed by atoms with Crippen LogP contribution in [0.25, 0.3) is 0 Å². The van der Waals surface area contributed by atoms with Gasteiger partial charge in [-0.2, -0.15) is 0 Å². The van der Waals surface area contributed by atoms with Gasteiger partial charge in [0.05, 0.1) is 6.61 Å². The Morgan fingerprint density at radius 3 is 3.07 bits per heavy atom. The van der Waals surface area contributed by atoms with E-state index in [1.54, 1.807) is 0 Å². The zero-order valence-electron chi connectivity index (χ0n) is 8.65. The van der Waals surface area contributed by atoms with Gasteiger partial charge in [-0.05, 0) is 26.4 Å². The number of likely N-dealkylation sites (N-methyl/N-ethyl adjacent to an activating group) is 1. The van der Waals surface area contributed by atoms with Gasteiger partial charge in [0.2, 0.25) is 0 Å². The Bertz CT molecular complexity index is 190. The molecule has 1 rings (SSSR count). The lowest BCUT2D eigenvalue weighted by Gasteiger charge is -2.22. The molecule has 0 aromatic heterocycles. The molecule has 3 N–H and O–H groups in total. The molecule has 1 aliphatic heterocycles. The molecule has 1 saturated heterocycles. The van der Waals surface area contributed by atoms with Crippen LogP contribution in [0, 0.1) is 0 Å². The minimum Gasteiger partial charge on any atom is -0.409 e. The second-order valence-corrected chi connectivity index (χ2v) is 3.69. The molecular weight excluding hydrogens is 182 g/mol. The SMILES string of the molecule is CN(CCCC(N)=NO)C1CCOC1. The predicted octanol–water partition coefficient (Wildman–Crippen LogP) is 0.234. The number of ether oxygens (including phenoxy) is 1. The molecule has 1 fully saturated rings. The molecule has 1 heterocycles. The van der Waals surface area contributed by atoms with Gasteiger partial charge in [-0.25, -0.2) is 0 Å². The molecule has 1 atom stereocenters. The number of hydrogen-bond donors (Lipinski definition) is 2. The van der Waals surface area contributed by atoms with E-state index in [0.29, 0.717) is 18.3 Å². The van der Waals surface area contributed by atoms with Crippen molar-refractivity contribution in [3.8, 4) is 0 Å². The highest BCUT2D eigenvalue weighted by atomic mass is 16.5. The maximum absolute atomic E-state index is 8.34. The molecule has 5 nitrogen and oxygen atoms in total. The van der Waals surface area contributed by atoms with E-state index < -0.39 is 0 Å². The van der Waals surface area contributed by atoms with Crippen molar-refractivity contribution in [2.45, 2.75) is 25.3 Å². The fourth-order valence-electron chi connectivity index (χ4n) is 1.61. The van der Waals surface area contributed by atoms with E-state index >= 15 is 0 Å². The van der Waals surface area contributed by atoms with E-state index in [2.05, 4.69) is 17.1 Å². The summed E-state index contributed by atoms with van der Waals surface area (Å²) in [5.41, 5.74) is 5.37. The summed E-state index contributed by atoms with van der Waals surface area (Å²) in [4.78, 5) is 2.28. The molecule has 1 unspecified atom stereocenters. The monoisotopic (exact) mass is 201 g/mol.